The van der Waals surface area contributed by atoms with Crippen LogP contribution in [0, 0.1) is 5.92 Å². The molecule has 1 aliphatic heterocycles. The van der Waals surface area contributed by atoms with Gasteiger partial charge < -0.3 is 15.4 Å². The van der Waals surface area contributed by atoms with Crippen LogP contribution < -0.4 is 10.6 Å². The highest BCUT2D eigenvalue weighted by molar-refractivity contribution is 5.40. The van der Waals surface area contributed by atoms with E-state index in [-0.39, 0.29) is 0 Å². The van der Waals surface area contributed by atoms with E-state index in [9.17, 15) is 0 Å². The maximum Gasteiger partial charge on any atom is 0.128 e. The standard InChI is InChI=1S/C14H23N3O/c1-11-6-8-17(10-13(11)18-2)14-4-3-12(5-7-15)9-16-14/h3-4,9,11,13H,5-8,10,15H2,1-2H3. The molecule has 0 aromatic carbocycles. The maximum absolute atomic E-state index is 5.54. The van der Waals surface area contributed by atoms with Crippen molar-refractivity contribution in [3.05, 3.63) is 23.9 Å². The van der Waals surface area contributed by atoms with Gasteiger partial charge in [0.1, 0.15) is 5.82 Å². The molecule has 0 radical (unpaired) electrons. The van der Waals surface area contributed by atoms with E-state index in [4.69, 9.17) is 10.5 Å². The van der Waals surface area contributed by atoms with E-state index < -0.39 is 0 Å². The zero-order chi connectivity index (χ0) is 13.0. The lowest BCUT2D eigenvalue weighted by atomic mass is 9.96. The van der Waals surface area contributed by atoms with Crippen molar-refractivity contribution in [1.29, 1.82) is 0 Å². The largest absolute Gasteiger partial charge is 0.379 e. The Morgan fingerprint density at radius 1 is 1.50 bits per heavy atom. The first-order valence-corrected chi connectivity index (χ1v) is 6.67. The quantitative estimate of drug-likeness (QED) is 0.877. The highest BCUT2D eigenvalue weighted by Gasteiger charge is 2.26. The van der Waals surface area contributed by atoms with E-state index in [0.29, 0.717) is 18.6 Å². The van der Waals surface area contributed by atoms with Gasteiger partial charge in [-0.25, -0.2) is 4.98 Å². The molecule has 0 saturated carbocycles. The van der Waals surface area contributed by atoms with Crippen LogP contribution in [0.3, 0.4) is 0 Å². The summed E-state index contributed by atoms with van der Waals surface area (Å²) in [5.41, 5.74) is 6.74. The van der Waals surface area contributed by atoms with Crippen LogP contribution in [0.1, 0.15) is 18.9 Å². The van der Waals surface area contributed by atoms with E-state index in [0.717, 1.165) is 31.7 Å². The average molecular weight is 249 g/mol. The number of pyridine rings is 1. The molecule has 1 aliphatic rings. The Balaban J connectivity index is 2.02. The monoisotopic (exact) mass is 249 g/mol. The Morgan fingerprint density at radius 3 is 2.94 bits per heavy atom. The van der Waals surface area contributed by atoms with Crippen LogP contribution in [0.25, 0.3) is 0 Å². The maximum atomic E-state index is 5.54. The van der Waals surface area contributed by atoms with E-state index in [2.05, 4.69) is 28.9 Å². The predicted molar refractivity (Wildman–Crippen MR) is 73.8 cm³/mol. The molecule has 18 heavy (non-hydrogen) atoms. The Bertz CT molecular complexity index is 366. The molecule has 1 aromatic heterocycles. The summed E-state index contributed by atoms with van der Waals surface area (Å²) in [4.78, 5) is 6.84. The second kappa shape index (κ2) is 6.16. The van der Waals surface area contributed by atoms with Crippen molar-refractivity contribution in [2.24, 2.45) is 11.7 Å². The molecule has 2 heterocycles. The summed E-state index contributed by atoms with van der Waals surface area (Å²) < 4.78 is 5.53. The predicted octanol–water partition coefficient (Wildman–Crippen LogP) is 1.44. The molecular weight excluding hydrogens is 226 g/mol. The van der Waals surface area contributed by atoms with Crippen LogP contribution in [0.2, 0.25) is 0 Å². The lowest BCUT2D eigenvalue weighted by Crippen LogP contribution is -2.44. The lowest BCUT2D eigenvalue weighted by molar-refractivity contribution is 0.0496. The summed E-state index contributed by atoms with van der Waals surface area (Å²) in [7, 11) is 1.79. The summed E-state index contributed by atoms with van der Waals surface area (Å²) in [6.45, 7) is 4.92. The van der Waals surface area contributed by atoms with E-state index >= 15 is 0 Å². The van der Waals surface area contributed by atoms with Gasteiger partial charge in [-0.05, 0) is 36.9 Å². The second-order valence-electron chi connectivity index (χ2n) is 5.05. The molecule has 2 N–H and O–H groups in total. The van der Waals surface area contributed by atoms with Crippen LogP contribution in [0.15, 0.2) is 18.3 Å². The molecular formula is C14H23N3O. The van der Waals surface area contributed by atoms with Crippen molar-refractivity contribution in [2.75, 3.05) is 31.6 Å². The zero-order valence-electron chi connectivity index (χ0n) is 11.3. The molecule has 1 saturated heterocycles. The third-order valence-electron chi connectivity index (χ3n) is 3.76. The SMILES string of the molecule is COC1CN(c2ccc(CCN)cn2)CCC1C. The smallest absolute Gasteiger partial charge is 0.128 e. The molecule has 0 spiro atoms. The third-order valence-corrected chi connectivity index (χ3v) is 3.76. The first-order chi connectivity index (χ1) is 8.74. The number of rotatable bonds is 4. The fourth-order valence-electron chi connectivity index (χ4n) is 2.47. The lowest BCUT2D eigenvalue weighted by Gasteiger charge is -2.36. The van der Waals surface area contributed by atoms with Crippen LogP contribution >= 0.6 is 0 Å². The van der Waals surface area contributed by atoms with Crippen LogP contribution in [-0.2, 0) is 11.2 Å². The number of nitrogens with zero attached hydrogens (tertiary/aromatic N) is 2. The Kier molecular flexibility index (Phi) is 4.55. The van der Waals surface area contributed by atoms with Crippen molar-refractivity contribution in [3.63, 3.8) is 0 Å². The first kappa shape index (κ1) is 13.3. The van der Waals surface area contributed by atoms with Crippen molar-refractivity contribution in [3.8, 4) is 0 Å². The minimum Gasteiger partial charge on any atom is -0.379 e. The van der Waals surface area contributed by atoms with Gasteiger partial charge in [0.15, 0.2) is 0 Å². The molecule has 0 bridgehead atoms. The minimum absolute atomic E-state index is 0.310. The highest BCUT2D eigenvalue weighted by Crippen LogP contribution is 2.23. The molecule has 1 aromatic rings. The number of methoxy groups -OCH3 is 1. The summed E-state index contributed by atoms with van der Waals surface area (Å²) in [5, 5.41) is 0. The fraction of sp³-hybridized carbons (Fsp3) is 0.643. The molecule has 100 valence electrons. The molecule has 4 heteroatoms. The summed E-state index contributed by atoms with van der Waals surface area (Å²) >= 11 is 0. The van der Waals surface area contributed by atoms with Crippen LogP contribution in [0.5, 0.6) is 0 Å². The zero-order valence-corrected chi connectivity index (χ0v) is 11.3. The number of aromatic nitrogens is 1. The van der Waals surface area contributed by atoms with Crippen LogP contribution in [-0.4, -0.2) is 37.8 Å². The van der Waals surface area contributed by atoms with E-state index in [1.807, 2.05) is 6.20 Å². The molecule has 2 rings (SSSR count). The Morgan fingerprint density at radius 2 is 2.33 bits per heavy atom. The van der Waals surface area contributed by atoms with E-state index in [1.165, 1.54) is 5.56 Å². The second-order valence-corrected chi connectivity index (χ2v) is 5.05. The highest BCUT2D eigenvalue weighted by atomic mass is 16.5. The topological polar surface area (TPSA) is 51.4 Å². The van der Waals surface area contributed by atoms with Gasteiger partial charge >= 0.3 is 0 Å². The van der Waals surface area contributed by atoms with Gasteiger partial charge in [0.2, 0.25) is 0 Å². The number of ether oxygens (including phenoxy) is 1. The number of hydrogen-bond acceptors (Lipinski definition) is 4. The number of hydrogen-bond donors (Lipinski definition) is 1. The Hall–Kier alpha value is -1.13. The summed E-state index contributed by atoms with van der Waals surface area (Å²) in [6.07, 6.45) is 4.29. The molecule has 2 unspecified atom stereocenters. The van der Waals surface area contributed by atoms with Crippen molar-refractivity contribution < 1.29 is 4.74 Å². The normalized spacial score (nSPS) is 24.3. The minimum atomic E-state index is 0.310. The van der Waals surface area contributed by atoms with Gasteiger partial charge in [-0.15, -0.1) is 0 Å². The molecule has 0 aliphatic carbocycles. The number of nitrogens with two attached hydrogens (primary N) is 1. The van der Waals surface area contributed by atoms with Crippen LogP contribution in [0.4, 0.5) is 5.82 Å². The van der Waals surface area contributed by atoms with Gasteiger partial charge in [-0.2, -0.15) is 0 Å². The van der Waals surface area contributed by atoms with Crippen molar-refractivity contribution >= 4 is 5.82 Å². The molecule has 1 fully saturated rings. The van der Waals surface area contributed by atoms with Crippen molar-refractivity contribution in [2.45, 2.75) is 25.9 Å². The summed E-state index contributed by atoms with van der Waals surface area (Å²) in [6, 6.07) is 4.21. The first-order valence-electron chi connectivity index (χ1n) is 6.67. The summed E-state index contributed by atoms with van der Waals surface area (Å²) in [5.74, 6) is 1.67. The fourth-order valence-corrected chi connectivity index (χ4v) is 2.47. The molecule has 2 atom stereocenters. The van der Waals surface area contributed by atoms with Crippen molar-refractivity contribution in [1.82, 2.24) is 4.98 Å². The van der Waals surface area contributed by atoms with Gasteiger partial charge in [-0.3, -0.25) is 0 Å². The Labute approximate surface area is 109 Å². The van der Waals surface area contributed by atoms with Gasteiger partial charge in [0, 0.05) is 26.4 Å². The van der Waals surface area contributed by atoms with E-state index in [1.54, 1.807) is 7.11 Å². The van der Waals surface area contributed by atoms with Gasteiger partial charge in [0.05, 0.1) is 6.10 Å². The molecule has 0 amide bonds. The van der Waals surface area contributed by atoms with Gasteiger partial charge in [-0.1, -0.05) is 13.0 Å². The molecule has 4 nitrogen and oxygen atoms in total. The number of anilines is 1. The van der Waals surface area contributed by atoms with Gasteiger partial charge in [0.25, 0.3) is 0 Å². The average Bonchev–Trinajstić information content (AvgIpc) is 2.41. The number of piperidine rings is 1. The third kappa shape index (κ3) is 3.00.